The van der Waals surface area contributed by atoms with Gasteiger partial charge in [0, 0.05) is 5.56 Å². The van der Waals surface area contributed by atoms with Crippen LogP contribution in [0, 0.1) is 0 Å². The number of hydrogen-bond acceptors (Lipinski definition) is 4. The smallest absolute Gasteiger partial charge is 0.358 e. The van der Waals surface area contributed by atoms with Crippen molar-refractivity contribution in [3.8, 4) is 0 Å². The van der Waals surface area contributed by atoms with Crippen LogP contribution in [0.3, 0.4) is 0 Å². The van der Waals surface area contributed by atoms with Crippen LogP contribution in [0.1, 0.15) is 21.7 Å². The zero-order valence-electron chi connectivity index (χ0n) is 6.59. The molecule has 1 aromatic rings. The van der Waals surface area contributed by atoms with Crippen LogP contribution >= 0.6 is 0 Å². The van der Waals surface area contributed by atoms with Crippen molar-refractivity contribution >= 4 is 5.97 Å². The summed E-state index contributed by atoms with van der Waals surface area (Å²) in [4.78, 5) is 11.1. The molecule has 0 spiro atoms. The molecule has 64 valence electrons. The van der Waals surface area contributed by atoms with E-state index in [0.717, 1.165) is 11.3 Å². The highest BCUT2D eigenvalue weighted by Crippen LogP contribution is 2.20. The van der Waals surface area contributed by atoms with Crippen LogP contribution in [0.25, 0.3) is 0 Å². The molecule has 2 heterocycles. The van der Waals surface area contributed by atoms with Gasteiger partial charge in [0.15, 0.2) is 5.69 Å². The summed E-state index contributed by atoms with van der Waals surface area (Å²) in [6, 6.07) is 0. The summed E-state index contributed by atoms with van der Waals surface area (Å²) >= 11 is 0. The van der Waals surface area contributed by atoms with Crippen LogP contribution < -0.4 is 0 Å². The first kappa shape index (κ1) is 7.30. The lowest BCUT2D eigenvalue weighted by Gasteiger charge is -1.94. The first-order chi connectivity index (χ1) is 5.83. The second-order valence-corrected chi connectivity index (χ2v) is 2.51. The Labute approximate surface area is 68.7 Å². The molecule has 0 radical (unpaired) electrons. The summed E-state index contributed by atoms with van der Waals surface area (Å²) in [6.07, 6.45) is 0. The maximum atomic E-state index is 11.1. The molecular formula is C7H8N2O3. The average Bonchev–Trinajstić information content (AvgIpc) is 2.62. The molecule has 0 saturated carbocycles. The highest BCUT2D eigenvalue weighted by Gasteiger charge is 2.23. The van der Waals surface area contributed by atoms with Gasteiger partial charge in [0.1, 0.15) is 0 Å². The van der Waals surface area contributed by atoms with Gasteiger partial charge in [-0.3, -0.25) is 5.10 Å². The van der Waals surface area contributed by atoms with Crippen LogP contribution in [0.4, 0.5) is 0 Å². The summed E-state index contributed by atoms with van der Waals surface area (Å²) in [5.74, 6) is -0.419. The molecule has 12 heavy (non-hydrogen) atoms. The quantitative estimate of drug-likeness (QED) is 0.609. The van der Waals surface area contributed by atoms with Crippen LogP contribution in [0.15, 0.2) is 0 Å². The monoisotopic (exact) mass is 168 g/mol. The number of H-pyrrole nitrogens is 1. The summed E-state index contributed by atoms with van der Waals surface area (Å²) in [5, 5.41) is 6.55. The van der Waals surface area contributed by atoms with E-state index in [1.165, 1.54) is 7.11 Å². The summed E-state index contributed by atoms with van der Waals surface area (Å²) in [6.45, 7) is 0.940. The molecule has 1 aliphatic rings. The number of aromatic amines is 1. The first-order valence-corrected chi connectivity index (χ1v) is 3.55. The number of carbonyl (C=O) groups is 1. The fourth-order valence-electron chi connectivity index (χ4n) is 1.20. The molecule has 0 unspecified atom stereocenters. The molecule has 0 atom stereocenters. The molecule has 1 N–H and O–H groups in total. The minimum atomic E-state index is -0.419. The maximum absolute atomic E-state index is 11.1. The van der Waals surface area contributed by atoms with Crippen molar-refractivity contribution in [3.05, 3.63) is 17.0 Å². The zero-order valence-corrected chi connectivity index (χ0v) is 6.59. The minimum absolute atomic E-state index is 0.338. The number of hydrogen-bond donors (Lipinski definition) is 1. The van der Waals surface area contributed by atoms with Gasteiger partial charge in [-0.05, 0) is 0 Å². The van der Waals surface area contributed by atoms with Gasteiger partial charge in [-0.1, -0.05) is 0 Å². The Bertz CT molecular complexity index is 318. The molecule has 0 aliphatic carbocycles. The van der Waals surface area contributed by atoms with Gasteiger partial charge in [-0.25, -0.2) is 4.79 Å². The van der Waals surface area contributed by atoms with Crippen molar-refractivity contribution < 1.29 is 14.3 Å². The lowest BCUT2D eigenvalue weighted by molar-refractivity contribution is 0.0588. The van der Waals surface area contributed by atoms with Gasteiger partial charge in [0.05, 0.1) is 26.0 Å². The second kappa shape index (κ2) is 2.60. The third kappa shape index (κ3) is 0.902. The number of fused-ring (bicyclic) bond motifs is 1. The SMILES string of the molecule is COC(=O)c1n[nH]c2c1COC2. The van der Waals surface area contributed by atoms with E-state index in [9.17, 15) is 4.79 Å². The lowest BCUT2D eigenvalue weighted by Crippen LogP contribution is -2.04. The van der Waals surface area contributed by atoms with Crippen molar-refractivity contribution in [3.63, 3.8) is 0 Å². The molecule has 0 bridgehead atoms. The van der Waals surface area contributed by atoms with Crippen molar-refractivity contribution in [2.45, 2.75) is 13.2 Å². The van der Waals surface area contributed by atoms with E-state index in [1.54, 1.807) is 0 Å². The third-order valence-corrected chi connectivity index (χ3v) is 1.82. The zero-order chi connectivity index (χ0) is 8.55. The van der Waals surface area contributed by atoms with Crippen LogP contribution in [-0.2, 0) is 22.7 Å². The van der Waals surface area contributed by atoms with Crippen LogP contribution in [0.2, 0.25) is 0 Å². The molecule has 2 rings (SSSR count). The number of rotatable bonds is 1. The topological polar surface area (TPSA) is 64.2 Å². The normalized spacial score (nSPS) is 14.4. The Hall–Kier alpha value is -1.36. The highest BCUT2D eigenvalue weighted by atomic mass is 16.5. The lowest BCUT2D eigenvalue weighted by atomic mass is 10.2. The van der Waals surface area contributed by atoms with Gasteiger partial charge in [0.2, 0.25) is 0 Å². The molecule has 1 aromatic heterocycles. The largest absolute Gasteiger partial charge is 0.464 e. The Morgan fingerprint density at radius 3 is 3.25 bits per heavy atom. The molecule has 1 aliphatic heterocycles. The van der Waals surface area contributed by atoms with E-state index in [2.05, 4.69) is 14.9 Å². The molecule has 0 saturated heterocycles. The van der Waals surface area contributed by atoms with Crippen molar-refractivity contribution in [1.82, 2.24) is 10.2 Å². The highest BCUT2D eigenvalue weighted by molar-refractivity contribution is 5.89. The number of methoxy groups -OCH3 is 1. The molecule has 5 nitrogen and oxygen atoms in total. The second-order valence-electron chi connectivity index (χ2n) is 2.51. The maximum Gasteiger partial charge on any atom is 0.358 e. The number of ether oxygens (including phenoxy) is 2. The summed E-state index contributed by atoms with van der Waals surface area (Å²) in [7, 11) is 1.33. The number of nitrogens with zero attached hydrogens (tertiary/aromatic N) is 1. The van der Waals surface area contributed by atoms with Crippen LogP contribution in [0.5, 0.6) is 0 Å². The molecule has 0 fully saturated rings. The minimum Gasteiger partial charge on any atom is -0.464 e. The molecule has 0 amide bonds. The van der Waals surface area contributed by atoms with Crippen molar-refractivity contribution in [1.29, 1.82) is 0 Å². The molecular weight excluding hydrogens is 160 g/mol. The predicted octanol–water partition coefficient (Wildman–Crippen LogP) is 0.226. The Morgan fingerprint density at radius 1 is 1.67 bits per heavy atom. The Kier molecular flexibility index (Phi) is 1.58. The average molecular weight is 168 g/mol. The number of aromatic nitrogens is 2. The van der Waals surface area contributed by atoms with Gasteiger partial charge in [0.25, 0.3) is 0 Å². The fraction of sp³-hybridized carbons (Fsp3) is 0.429. The number of esters is 1. The standard InChI is InChI=1S/C7H8N2O3/c1-11-7(10)6-4-2-12-3-5(4)8-9-6/h2-3H2,1H3,(H,8,9). The molecule has 5 heteroatoms. The van der Waals surface area contributed by atoms with Gasteiger partial charge in [-0.15, -0.1) is 0 Å². The van der Waals surface area contributed by atoms with Gasteiger partial charge in [-0.2, -0.15) is 5.10 Å². The molecule has 0 aromatic carbocycles. The Balaban J connectivity index is 2.39. The Morgan fingerprint density at radius 2 is 2.50 bits per heavy atom. The van der Waals surface area contributed by atoms with Gasteiger partial charge < -0.3 is 9.47 Å². The predicted molar refractivity (Wildman–Crippen MR) is 38.4 cm³/mol. The fourth-order valence-corrected chi connectivity index (χ4v) is 1.20. The number of nitrogens with one attached hydrogen (secondary N) is 1. The first-order valence-electron chi connectivity index (χ1n) is 3.55. The number of carbonyl (C=O) groups excluding carboxylic acids is 1. The van der Waals surface area contributed by atoms with Crippen molar-refractivity contribution in [2.24, 2.45) is 0 Å². The summed E-state index contributed by atoms with van der Waals surface area (Å²) in [5.41, 5.74) is 2.03. The van der Waals surface area contributed by atoms with E-state index in [-0.39, 0.29) is 0 Å². The summed E-state index contributed by atoms with van der Waals surface area (Å²) < 4.78 is 9.65. The van der Waals surface area contributed by atoms with E-state index in [1.807, 2.05) is 0 Å². The third-order valence-electron chi connectivity index (χ3n) is 1.82. The van der Waals surface area contributed by atoms with E-state index in [0.29, 0.717) is 18.9 Å². The van der Waals surface area contributed by atoms with E-state index in [4.69, 9.17) is 4.74 Å². The van der Waals surface area contributed by atoms with Gasteiger partial charge >= 0.3 is 5.97 Å². The van der Waals surface area contributed by atoms with Crippen LogP contribution in [-0.4, -0.2) is 23.3 Å². The van der Waals surface area contributed by atoms with Crippen molar-refractivity contribution in [2.75, 3.05) is 7.11 Å². The van der Waals surface area contributed by atoms with E-state index < -0.39 is 5.97 Å². The van der Waals surface area contributed by atoms with E-state index >= 15 is 0 Å².